The Balaban J connectivity index is 1.82. The van der Waals surface area contributed by atoms with Gasteiger partial charge in [0.1, 0.15) is 11.9 Å². The molecule has 0 bridgehead atoms. The first-order valence-electron chi connectivity index (χ1n) is 8.03. The molecule has 0 spiro atoms. The number of halogens is 1. The van der Waals surface area contributed by atoms with Crippen LogP contribution in [0.4, 0.5) is 10.1 Å². The molecule has 0 radical (unpaired) electrons. The molecule has 1 saturated heterocycles. The van der Waals surface area contributed by atoms with E-state index in [4.69, 9.17) is 0 Å². The van der Waals surface area contributed by atoms with Crippen molar-refractivity contribution in [1.29, 1.82) is 0 Å². The molecule has 0 saturated carbocycles. The molecular formula is C18H19FN4O2. The van der Waals surface area contributed by atoms with Crippen molar-refractivity contribution in [2.75, 3.05) is 31.6 Å². The van der Waals surface area contributed by atoms with E-state index in [0.29, 0.717) is 25.2 Å². The summed E-state index contributed by atoms with van der Waals surface area (Å²) in [5, 5.41) is 2.62. The van der Waals surface area contributed by atoms with E-state index in [2.05, 4.69) is 10.3 Å². The van der Waals surface area contributed by atoms with E-state index in [1.807, 2.05) is 4.90 Å². The van der Waals surface area contributed by atoms with Crippen LogP contribution in [0.3, 0.4) is 0 Å². The largest absolute Gasteiger partial charge is 0.367 e. The van der Waals surface area contributed by atoms with Crippen LogP contribution in [0.5, 0.6) is 0 Å². The summed E-state index contributed by atoms with van der Waals surface area (Å²) < 4.78 is 13.1. The maximum atomic E-state index is 13.1. The molecule has 1 atom stereocenters. The molecule has 1 N–H and O–H groups in total. The number of pyridine rings is 1. The summed E-state index contributed by atoms with van der Waals surface area (Å²) in [6.45, 7) is 1.31. The Morgan fingerprint density at radius 1 is 1.12 bits per heavy atom. The molecule has 1 fully saturated rings. The number of aromatic nitrogens is 1. The Morgan fingerprint density at radius 3 is 2.44 bits per heavy atom. The first kappa shape index (κ1) is 16.9. The van der Waals surface area contributed by atoms with Gasteiger partial charge in [0.05, 0.1) is 0 Å². The average molecular weight is 342 g/mol. The second-order valence-corrected chi connectivity index (χ2v) is 5.79. The van der Waals surface area contributed by atoms with E-state index in [1.165, 1.54) is 12.1 Å². The average Bonchev–Trinajstić information content (AvgIpc) is 2.67. The molecule has 1 aromatic heterocycles. The fourth-order valence-corrected chi connectivity index (χ4v) is 2.96. The molecule has 1 unspecified atom stereocenters. The molecule has 2 heterocycles. The van der Waals surface area contributed by atoms with Crippen LogP contribution in [0.15, 0.2) is 48.8 Å². The zero-order valence-corrected chi connectivity index (χ0v) is 13.9. The van der Waals surface area contributed by atoms with Gasteiger partial charge in [-0.05, 0) is 36.4 Å². The predicted molar refractivity (Wildman–Crippen MR) is 91.7 cm³/mol. The fraction of sp³-hybridized carbons (Fsp3) is 0.278. The highest BCUT2D eigenvalue weighted by Crippen LogP contribution is 2.21. The van der Waals surface area contributed by atoms with Gasteiger partial charge in [-0.15, -0.1) is 0 Å². The Hall–Kier alpha value is -2.96. The summed E-state index contributed by atoms with van der Waals surface area (Å²) in [4.78, 5) is 32.6. The van der Waals surface area contributed by atoms with Gasteiger partial charge in [-0.3, -0.25) is 14.6 Å². The summed E-state index contributed by atoms with van der Waals surface area (Å²) in [5.41, 5.74) is 1.32. The van der Waals surface area contributed by atoms with Crippen molar-refractivity contribution in [3.05, 3.63) is 60.2 Å². The lowest BCUT2D eigenvalue weighted by Gasteiger charge is -2.41. The van der Waals surface area contributed by atoms with Gasteiger partial charge in [0.25, 0.3) is 5.91 Å². The maximum absolute atomic E-state index is 13.1. The number of amides is 2. The number of rotatable bonds is 3. The Bertz CT molecular complexity index is 751. The highest BCUT2D eigenvalue weighted by atomic mass is 19.1. The third-order valence-electron chi connectivity index (χ3n) is 4.31. The fourth-order valence-electron chi connectivity index (χ4n) is 2.96. The van der Waals surface area contributed by atoms with Gasteiger partial charge in [0.15, 0.2) is 0 Å². The molecular weight excluding hydrogens is 323 g/mol. The molecule has 2 amide bonds. The van der Waals surface area contributed by atoms with Gasteiger partial charge in [-0.2, -0.15) is 0 Å². The zero-order chi connectivity index (χ0) is 17.8. The summed E-state index contributed by atoms with van der Waals surface area (Å²) in [6, 6.07) is 8.78. The quantitative estimate of drug-likeness (QED) is 0.913. The van der Waals surface area contributed by atoms with Crippen molar-refractivity contribution in [2.24, 2.45) is 0 Å². The summed E-state index contributed by atoms with van der Waals surface area (Å²) in [5.74, 6) is -0.734. The van der Waals surface area contributed by atoms with Gasteiger partial charge in [0.2, 0.25) is 5.91 Å². The molecule has 0 aliphatic carbocycles. The number of hydrogen-bond acceptors (Lipinski definition) is 4. The summed E-state index contributed by atoms with van der Waals surface area (Å²) in [7, 11) is 1.55. The smallest absolute Gasteiger partial charge is 0.254 e. The van der Waals surface area contributed by atoms with Crippen molar-refractivity contribution in [1.82, 2.24) is 15.2 Å². The lowest BCUT2D eigenvalue weighted by atomic mass is 10.1. The number of hydrogen-bond donors (Lipinski definition) is 1. The highest BCUT2D eigenvalue weighted by molar-refractivity contribution is 5.98. The van der Waals surface area contributed by atoms with Crippen molar-refractivity contribution < 1.29 is 14.0 Å². The van der Waals surface area contributed by atoms with Crippen LogP contribution in [0.1, 0.15) is 10.4 Å². The van der Waals surface area contributed by atoms with Gasteiger partial charge in [-0.25, -0.2) is 4.39 Å². The molecule has 6 nitrogen and oxygen atoms in total. The number of piperazine rings is 1. The minimum absolute atomic E-state index is 0.199. The van der Waals surface area contributed by atoms with Crippen LogP contribution < -0.4 is 10.2 Å². The second-order valence-electron chi connectivity index (χ2n) is 5.79. The van der Waals surface area contributed by atoms with E-state index in [1.54, 1.807) is 48.6 Å². The van der Waals surface area contributed by atoms with E-state index in [0.717, 1.165) is 5.69 Å². The topological polar surface area (TPSA) is 65.5 Å². The molecule has 7 heteroatoms. The van der Waals surface area contributed by atoms with E-state index in [-0.39, 0.29) is 17.6 Å². The van der Waals surface area contributed by atoms with E-state index in [9.17, 15) is 14.0 Å². The van der Waals surface area contributed by atoms with Crippen LogP contribution >= 0.6 is 0 Å². The van der Waals surface area contributed by atoms with Crippen molar-refractivity contribution in [3.8, 4) is 0 Å². The van der Waals surface area contributed by atoms with Crippen LogP contribution in [0, 0.1) is 5.82 Å². The standard InChI is InChI=1S/C18H19FN4O2/c1-20-17(24)16-12-22(15-4-2-14(19)3-5-15)10-11-23(16)18(25)13-6-8-21-9-7-13/h2-9,16H,10-12H2,1H3,(H,20,24). The minimum Gasteiger partial charge on any atom is -0.367 e. The zero-order valence-electron chi connectivity index (χ0n) is 13.9. The van der Waals surface area contributed by atoms with Crippen molar-refractivity contribution in [2.45, 2.75) is 6.04 Å². The molecule has 25 heavy (non-hydrogen) atoms. The summed E-state index contributed by atoms with van der Waals surface area (Å²) >= 11 is 0. The van der Waals surface area contributed by atoms with E-state index < -0.39 is 6.04 Å². The first-order chi connectivity index (χ1) is 12.1. The molecule has 1 aliphatic rings. The van der Waals surface area contributed by atoms with Gasteiger partial charge in [-0.1, -0.05) is 0 Å². The molecule has 130 valence electrons. The van der Waals surface area contributed by atoms with Gasteiger partial charge < -0.3 is 15.1 Å². The minimum atomic E-state index is -0.621. The molecule has 1 aromatic carbocycles. The molecule has 1 aliphatic heterocycles. The van der Waals surface area contributed by atoms with Crippen LogP contribution in [-0.4, -0.2) is 54.4 Å². The van der Waals surface area contributed by atoms with E-state index >= 15 is 0 Å². The van der Waals surface area contributed by atoms with Crippen molar-refractivity contribution >= 4 is 17.5 Å². The summed E-state index contributed by atoms with van der Waals surface area (Å²) in [6.07, 6.45) is 3.10. The van der Waals surface area contributed by atoms with Crippen LogP contribution in [0.25, 0.3) is 0 Å². The number of carbonyl (C=O) groups excluding carboxylic acids is 2. The third kappa shape index (κ3) is 3.60. The molecule has 3 rings (SSSR count). The lowest BCUT2D eigenvalue weighted by molar-refractivity contribution is -0.125. The monoisotopic (exact) mass is 342 g/mol. The normalized spacial score (nSPS) is 17.3. The number of nitrogens with zero attached hydrogens (tertiary/aromatic N) is 3. The Kier molecular flexibility index (Phi) is 4.92. The van der Waals surface area contributed by atoms with Gasteiger partial charge in [0, 0.05) is 50.3 Å². The second kappa shape index (κ2) is 7.29. The first-order valence-corrected chi connectivity index (χ1v) is 8.03. The SMILES string of the molecule is CNC(=O)C1CN(c2ccc(F)cc2)CCN1C(=O)c1ccncc1. The molecule has 2 aromatic rings. The number of carbonyl (C=O) groups is 2. The highest BCUT2D eigenvalue weighted by Gasteiger charge is 2.35. The number of benzene rings is 1. The third-order valence-corrected chi connectivity index (χ3v) is 4.31. The predicted octanol–water partition coefficient (Wildman–Crippen LogP) is 1.30. The van der Waals surface area contributed by atoms with Crippen molar-refractivity contribution in [3.63, 3.8) is 0 Å². The number of anilines is 1. The Labute approximate surface area is 145 Å². The van der Waals surface area contributed by atoms with Crippen LogP contribution in [-0.2, 0) is 4.79 Å². The lowest BCUT2D eigenvalue weighted by Crippen LogP contribution is -2.60. The number of nitrogens with one attached hydrogen (secondary N) is 1. The Morgan fingerprint density at radius 2 is 1.80 bits per heavy atom. The van der Waals surface area contributed by atoms with Gasteiger partial charge >= 0.3 is 0 Å². The number of likely N-dealkylation sites (N-methyl/N-ethyl adjacent to an activating group) is 1. The van der Waals surface area contributed by atoms with Crippen LogP contribution in [0.2, 0.25) is 0 Å². The maximum Gasteiger partial charge on any atom is 0.254 e.